The maximum Gasteiger partial charge on any atom is 0.0146 e. The van der Waals surface area contributed by atoms with Gasteiger partial charge >= 0.3 is 0 Å². The largest absolute Gasteiger partial charge is 0.300 e. The average molecular weight is 211 g/mol. The van der Waals surface area contributed by atoms with Gasteiger partial charge in [0, 0.05) is 12.1 Å². The molecule has 1 heteroatoms. The molecule has 1 rings (SSSR count). The molecular formula is C14H29N. The Kier molecular flexibility index (Phi) is 4.64. The lowest BCUT2D eigenvalue weighted by Gasteiger charge is -2.38. The van der Waals surface area contributed by atoms with E-state index in [9.17, 15) is 0 Å². The molecule has 1 aliphatic rings. The van der Waals surface area contributed by atoms with Crippen LogP contribution in [0.25, 0.3) is 0 Å². The van der Waals surface area contributed by atoms with Gasteiger partial charge in [0.2, 0.25) is 0 Å². The SMILES string of the molecule is CC1CCC(C(C(C)C)N(C)C(C)C)C1. The first-order valence-electron chi connectivity index (χ1n) is 6.65. The van der Waals surface area contributed by atoms with E-state index in [1.807, 2.05) is 0 Å². The predicted octanol–water partition coefficient (Wildman–Crippen LogP) is 3.79. The molecule has 90 valence electrons. The molecule has 0 saturated heterocycles. The van der Waals surface area contributed by atoms with Crippen molar-refractivity contribution in [1.82, 2.24) is 4.90 Å². The van der Waals surface area contributed by atoms with Crippen molar-refractivity contribution in [2.24, 2.45) is 17.8 Å². The van der Waals surface area contributed by atoms with Crippen LogP contribution in [0.5, 0.6) is 0 Å². The Balaban J connectivity index is 2.65. The van der Waals surface area contributed by atoms with Crippen LogP contribution in [-0.4, -0.2) is 24.0 Å². The molecule has 1 aliphatic carbocycles. The molecule has 0 N–H and O–H groups in total. The zero-order valence-electron chi connectivity index (χ0n) is 11.5. The van der Waals surface area contributed by atoms with Gasteiger partial charge in [-0.15, -0.1) is 0 Å². The van der Waals surface area contributed by atoms with E-state index in [1.165, 1.54) is 19.3 Å². The summed E-state index contributed by atoms with van der Waals surface area (Å²) in [6.07, 6.45) is 4.33. The van der Waals surface area contributed by atoms with Crippen LogP contribution in [0.15, 0.2) is 0 Å². The molecule has 3 atom stereocenters. The summed E-state index contributed by atoms with van der Waals surface area (Å²) in [6.45, 7) is 11.8. The van der Waals surface area contributed by atoms with E-state index in [-0.39, 0.29) is 0 Å². The van der Waals surface area contributed by atoms with E-state index in [4.69, 9.17) is 0 Å². The fourth-order valence-electron chi connectivity index (χ4n) is 3.25. The summed E-state index contributed by atoms with van der Waals surface area (Å²) in [4.78, 5) is 2.59. The second kappa shape index (κ2) is 5.34. The summed E-state index contributed by atoms with van der Waals surface area (Å²) in [5, 5.41) is 0. The van der Waals surface area contributed by atoms with Gasteiger partial charge in [-0.1, -0.05) is 27.2 Å². The Morgan fingerprint density at radius 2 is 1.67 bits per heavy atom. The van der Waals surface area contributed by atoms with Gasteiger partial charge in [-0.2, -0.15) is 0 Å². The smallest absolute Gasteiger partial charge is 0.0146 e. The maximum absolute atomic E-state index is 2.59. The van der Waals surface area contributed by atoms with Crippen molar-refractivity contribution in [3.05, 3.63) is 0 Å². The number of nitrogens with zero attached hydrogens (tertiary/aromatic N) is 1. The van der Waals surface area contributed by atoms with Gasteiger partial charge < -0.3 is 4.90 Å². The van der Waals surface area contributed by atoms with Crippen LogP contribution in [0, 0.1) is 17.8 Å². The van der Waals surface area contributed by atoms with E-state index in [2.05, 4.69) is 46.6 Å². The molecule has 0 bridgehead atoms. The topological polar surface area (TPSA) is 3.24 Å². The molecular weight excluding hydrogens is 182 g/mol. The highest BCUT2D eigenvalue weighted by molar-refractivity contribution is 4.87. The van der Waals surface area contributed by atoms with E-state index in [0.29, 0.717) is 6.04 Å². The first-order chi connectivity index (χ1) is 6.93. The fraction of sp³-hybridized carbons (Fsp3) is 1.00. The summed E-state index contributed by atoms with van der Waals surface area (Å²) in [6, 6.07) is 1.46. The highest BCUT2D eigenvalue weighted by Crippen LogP contribution is 2.37. The van der Waals surface area contributed by atoms with Crippen molar-refractivity contribution >= 4 is 0 Å². The Bertz CT molecular complexity index is 186. The zero-order chi connectivity index (χ0) is 11.6. The molecule has 3 unspecified atom stereocenters. The molecule has 1 saturated carbocycles. The van der Waals surface area contributed by atoms with Crippen molar-refractivity contribution in [2.75, 3.05) is 7.05 Å². The molecule has 0 aromatic rings. The lowest BCUT2D eigenvalue weighted by molar-refractivity contribution is 0.100. The highest BCUT2D eigenvalue weighted by Gasteiger charge is 2.33. The van der Waals surface area contributed by atoms with Crippen molar-refractivity contribution in [3.8, 4) is 0 Å². The third-order valence-corrected chi connectivity index (χ3v) is 4.19. The second-order valence-corrected chi connectivity index (χ2v) is 6.17. The predicted molar refractivity (Wildman–Crippen MR) is 68.0 cm³/mol. The van der Waals surface area contributed by atoms with Gasteiger partial charge in [0.25, 0.3) is 0 Å². The number of rotatable bonds is 4. The maximum atomic E-state index is 2.59. The van der Waals surface area contributed by atoms with E-state index >= 15 is 0 Å². The van der Waals surface area contributed by atoms with Crippen LogP contribution in [0.1, 0.15) is 53.9 Å². The van der Waals surface area contributed by atoms with Gasteiger partial charge in [-0.05, 0) is 51.5 Å². The first kappa shape index (κ1) is 13.0. The van der Waals surface area contributed by atoms with Crippen LogP contribution in [-0.2, 0) is 0 Å². The lowest BCUT2D eigenvalue weighted by Crippen LogP contribution is -2.44. The van der Waals surface area contributed by atoms with Crippen LogP contribution < -0.4 is 0 Å². The third kappa shape index (κ3) is 3.21. The second-order valence-electron chi connectivity index (χ2n) is 6.17. The lowest BCUT2D eigenvalue weighted by atomic mass is 9.87. The van der Waals surface area contributed by atoms with Crippen molar-refractivity contribution in [3.63, 3.8) is 0 Å². The third-order valence-electron chi connectivity index (χ3n) is 4.19. The highest BCUT2D eigenvalue weighted by atomic mass is 15.2. The zero-order valence-corrected chi connectivity index (χ0v) is 11.5. The molecule has 0 aliphatic heterocycles. The molecule has 1 nitrogen and oxygen atoms in total. The molecule has 0 radical (unpaired) electrons. The first-order valence-corrected chi connectivity index (χ1v) is 6.65. The van der Waals surface area contributed by atoms with Crippen LogP contribution in [0.4, 0.5) is 0 Å². The van der Waals surface area contributed by atoms with Gasteiger partial charge in [-0.3, -0.25) is 0 Å². The summed E-state index contributed by atoms with van der Waals surface area (Å²) >= 11 is 0. The quantitative estimate of drug-likeness (QED) is 0.684. The van der Waals surface area contributed by atoms with E-state index in [0.717, 1.165) is 23.8 Å². The summed E-state index contributed by atoms with van der Waals surface area (Å²) in [5.74, 6) is 2.68. The monoisotopic (exact) mass is 211 g/mol. The van der Waals surface area contributed by atoms with Crippen LogP contribution >= 0.6 is 0 Å². The summed E-state index contributed by atoms with van der Waals surface area (Å²) < 4.78 is 0. The molecule has 0 aromatic heterocycles. The molecule has 0 heterocycles. The molecule has 1 fully saturated rings. The molecule has 0 amide bonds. The minimum Gasteiger partial charge on any atom is -0.300 e. The Hall–Kier alpha value is -0.0400. The van der Waals surface area contributed by atoms with Gasteiger partial charge in [0.15, 0.2) is 0 Å². The van der Waals surface area contributed by atoms with Crippen molar-refractivity contribution in [2.45, 2.75) is 66.0 Å². The molecule has 0 aromatic carbocycles. The van der Waals surface area contributed by atoms with Crippen molar-refractivity contribution in [1.29, 1.82) is 0 Å². The standard InChI is InChI=1S/C14H29N/c1-10(2)14(15(6)11(3)4)13-8-7-12(5)9-13/h10-14H,7-9H2,1-6H3. The minimum absolute atomic E-state index is 0.674. The summed E-state index contributed by atoms with van der Waals surface area (Å²) in [7, 11) is 2.30. The average Bonchev–Trinajstić information content (AvgIpc) is 2.51. The number of hydrogen-bond donors (Lipinski definition) is 0. The van der Waals surface area contributed by atoms with Crippen molar-refractivity contribution < 1.29 is 0 Å². The van der Waals surface area contributed by atoms with Gasteiger partial charge in [-0.25, -0.2) is 0 Å². The Labute approximate surface area is 96.2 Å². The van der Waals surface area contributed by atoms with Crippen LogP contribution in [0.3, 0.4) is 0 Å². The van der Waals surface area contributed by atoms with Gasteiger partial charge in [0.1, 0.15) is 0 Å². The summed E-state index contributed by atoms with van der Waals surface area (Å²) in [5.41, 5.74) is 0. The Morgan fingerprint density at radius 1 is 1.07 bits per heavy atom. The molecule has 15 heavy (non-hydrogen) atoms. The van der Waals surface area contributed by atoms with Gasteiger partial charge in [0.05, 0.1) is 0 Å². The fourth-order valence-corrected chi connectivity index (χ4v) is 3.25. The molecule has 0 spiro atoms. The normalized spacial score (nSPS) is 29.4. The van der Waals surface area contributed by atoms with Crippen LogP contribution in [0.2, 0.25) is 0 Å². The number of hydrogen-bond acceptors (Lipinski definition) is 1. The minimum atomic E-state index is 0.674. The Morgan fingerprint density at radius 3 is 2.00 bits per heavy atom. The van der Waals surface area contributed by atoms with E-state index in [1.54, 1.807) is 0 Å². The van der Waals surface area contributed by atoms with E-state index < -0.39 is 0 Å².